The van der Waals surface area contributed by atoms with E-state index in [0.29, 0.717) is 19.6 Å². The lowest BCUT2D eigenvalue weighted by atomic mass is 10.1. The van der Waals surface area contributed by atoms with Crippen LogP contribution in [0.25, 0.3) is 0 Å². The molecule has 0 aliphatic rings. The van der Waals surface area contributed by atoms with Crippen molar-refractivity contribution in [3.63, 3.8) is 0 Å². The van der Waals surface area contributed by atoms with E-state index in [1.807, 2.05) is 0 Å². The lowest BCUT2D eigenvalue weighted by molar-refractivity contribution is -0.159. The lowest BCUT2D eigenvalue weighted by Crippen LogP contribution is -2.43. The Morgan fingerprint density at radius 3 is 2.53 bits per heavy atom. The van der Waals surface area contributed by atoms with E-state index in [1.165, 1.54) is 12.0 Å². The molecular weight excluding hydrogens is 239 g/mol. The Labute approximate surface area is 98.0 Å². The van der Waals surface area contributed by atoms with Gasteiger partial charge in [0.1, 0.15) is 5.92 Å². The average Bonchev–Trinajstić information content (AvgIpc) is 2.23. The summed E-state index contributed by atoms with van der Waals surface area (Å²) in [5.41, 5.74) is 5.04. The number of halogens is 3. The number of amidine groups is 1. The highest BCUT2D eigenvalue weighted by atomic mass is 19.4. The standard InChI is InChI=1S/C9H18F3N3O2/c1-15(4-3-5-17-2)6-7(8(13)14-16)9(10,11)12/h7,16H,3-6H2,1-2H3,(H2,13,14). The van der Waals surface area contributed by atoms with Crippen LogP contribution in [-0.2, 0) is 4.74 Å². The monoisotopic (exact) mass is 257 g/mol. The SMILES string of the molecule is COCCCN(C)CC(C(N)=NO)C(F)(F)F. The largest absolute Gasteiger partial charge is 0.409 e. The van der Waals surface area contributed by atoms with Gasteiger partial charge in [-0.2, -0.15) is 13.2 Å². The van der Waals surface area contributed by atoms with Crippen molar-refractivity contribution < 1.29 is 23.1 Å². The smallest absolute Gasteiger partial charge is 0.400 e. The van der Waals surface area contributed by atoms with Gasteiger partial charge >= 0.3 is 6.18 Å². The summed E-state index contributed by atoms with van der Waals surface area (Å²) in [5.74, 6) is -2.78. The molecule has 1 atom stereocenters. The van der Waals surface area contributed by atoms with Crippen LogP contribution in [0.2, 0.25) is 0 Å². The molecule has 0 radical (unpaired) electrons. The van der Waals surface area contributed by atoms with E-state index in [-0.39, 0.29) is 6.54 Å². The minimum atomic E-state index is -4.52. The Kier molecular flexibility index (Phi) is 6.89. The van der Waals surface area contributed by atoms with Gasteiger partial charge in [-0.25, -0.2) is 0 Å². The number of oxime groups is 1. The van der Waals surface area contributed by atoms with Gasteiger partial charge < -0.3 is 20.6 Å². The van der Waals surface area contributed by atoms with Crippen molar-refractivity contribution in [1.82, 2.24) is 4.90 Å². The summed E-state index contributed by atoms with van der Waals surface area (Å²) in [4.78, 5) is 1.47. The molecule has 0 heterocycles. The van der Waals surface area contributed by atoms with E-state index >= 15 is 0 Å². The predicted octanol–water partition coefficient (Wildman–Crippen LogP) is 0.880. The Hall–Kier alpha value is -1.02. The third-order valence-corrected chi connectivity index (χ3v) is 2.25. The van der Waals surface area contributed by atoms with Gasteiger partial charge in [-0.3, -0.25) is 0 Å². The molecule has 0 amide bonds. The van der Waals surface area contributed by atoms with Gasteiger partial charge in [-0.05, 0) is 13.5 Å². The normalized spacial score (nSPS) is 15.3. The summed E-state index contributed by atoms with van der Waals surface area (Å²) >= 11 is 0. The lowest BCUT2D eigenvalue weighted by Gasteiger charge is -2.24. The molecular formula is C9H18F3N3O2. The van der Waals surface area contributed by atoms with Gasteiger partial charge in [0.15, 0.2) is 5.84 Å². The quantitative estimate of drug-likeness (QED) is 0.233. The zero-order valence-corrected chi connectivity index (χ0v) is 9.87. The molecule has 0 fully saturated rings. The third kappa shape index (κ3) is 6.32. The van der Waals surface area contributed by atoms with Gasteiger partial charge in [0.05, 0.1) is 0 Å². The van der Waals surface area contributed by atoms with Crippen molar-refractivity contribution in [3.05, 3.63) is 0 Å². The average molecular weight is 257 g/mol. The highest BCUT2D eigenvalue weighted by Gasteiger charge is 2.43. The van der Waals surface area contributed by atoms with Crippen LogP contribution < -0.4 is 5.73 Å². The Balaban J connectivity index is 4.35. The number of nitrogens with two attached hydrogens (primary N) is 1. The summed E-state index contributed by atoms with van der Waals surface area (Å²) in [6, 6.07) is 0. The van der Waals surface area contributed by atoms with E-state index in [4.69, 9.17) is 15.7 Å². The fourth-order valence-electron chi connectivity index (χ4n) is 1.32. The Morgan fingerprint density at radius 2 is 2.12 bits per heavy atom. The predicted molar refractivity (Wildman–Crippen MR) is 56.9 cm³/mol. The number of alkyl halides is 3. The summed E-state index contributed by atoms with van der Waals surface area (Å²) in [7, 11) is 3.06. The van der Waals surface area contributed by atoms with E-state index in [0.717, 1.165) is 0 Å². The molecule has 0 bridgehead atoms. The van der Waals surface area contributed by atoms with Crippen molar-refractivity contribution in [2.75, 3.05) is 33.9 Å². The van der Waals surface area contributed by atoms with E-state index < -0.39 is 17.9 Å². The van der Waals surface area contributed by atoms with E-state index in [2.05, 4.69) is 5.16 Å². The molecule has 0 rings (SSSR count). The molecule has 5 nitrogen and oxygen atoms in total. The molecule has 3 N–H and O–H groups in total. The van der Waals surface area contributed by atoms with Crippen LogP contribution in [0.1, 0.15) is 6.42 Å². The van der Waals surface area contributed by atoms with Crippen molar-refractivity contribution in [2.45, 2.75) is 12.6 Å². The first-order chi connectivity index (χ1) is 7.82. The maximum absolute atomic E-state index is 12.6. The highest BCUT2D eigenvalue weighted by molar-refractivity contribution is 5.83. The summed E-state index contributed by atoms with van der Waals surface area (Å²) in [6.45, 7) is 0.576. The van der Waals surface area contributed by atoms with E-state index in [9.17, 15) is 13.2 Å². The van der Waals surface area contributed by atoms with Gasteiger partial charge in [0, 0.05) is 26.8 Å². The fourth-order valence-corrected chi connectivity index (χ4v) is 1.32. The van der Waals surface area contributed by atoms with Crippen LogP contribution in [0.5, 0.6) is 0 Å². The minimum absolute atomic E-state index is 0.344. The second-order valence-electron chi connectivity index (χ2n) is 3.73. The van der Waals surface area contributed by atoms with Gasteiger partial charge in [0.25, 0.3) is 0 Å². The van der Waals surface area contributed by atoms with Crippen molar-refractivity contribution in [2.24, 2.45) is 16.8 Å². The minimum Gasteiger partial charge on any atom is -0.409 e. The van der Waals surface area contributed by atoms with Crippen LogP contribution in [-0.4, -0.2) is 56.0 Å². The molecule has 0 aromatic carbocycles. The van der Waals surface area contributed by atoms with Crippen LogP contribution in [0.3, 0.4) is 0 Å². The third-order valence-electron chi connectivity index (χ3n) is 2.25. The summed E-state index contributed by atoms with van der Waals surface area (Å²) in [5, 5.41) is 10.7. The van der Waals surface area contributed by atoms with Crippen LogP contribution in [0.4, 0.5) is 13.2 Å². The number of rotatable bonds is 7. The number of ether oxygens (including phenoxy) is 1. The van der Waals surface area contributed by atoms with E-state index in [1.54, 1.807) is 7.05 Å². The van der Waals surface area contributed by atoms with Crippen LogP contribution in [0, 0.1) is 5.92 Å². The molecule has 0 saturated carbocycles. The maximum Gasteiger partial charge on any atom is 0.400 e. The molecule has 0 spiro atoms. The molecule has 0 aromatic rings. The van der Waals surface area contributed by atoms with Crippen LogP contribution >= 0.6 is 0 Å². The fraction of sp³-hybridized carbons (Fsp3) is 0.889. The van der Waals surface area contributed by atoms with Crippen molar-refractivity contribution in [3.8, 4) is 0 Å². The van der Waals surface area contributed by atoms with Gasteiger partial charge in [-0.15, -0.1) is 0 Å². The zero-order chi connectivity index (χ0) is 13.5. The second kappa shape index (κ2) is 7.33. The van der Waals surface area contributed by atoms with Gasteiger partial charge in [-0.1, -0.05) is 5.16 Å². The Bertz CT molecular complexity index is 246. The molecule has 0 aliphatic heterocycles. The summed E-state index contributed by atoms with van der Waals surface area (Å²) in [6.07, 6.45) is -3.90. The number of nitrogens with zero attached hydrogens (tertiary/aromatic N) is 2. The topological polar surface area (TPSA) is 71.1 Å². The number of hydrogen-bond donors (Lipinski definition) is 2. The summed E-state index contributed by atoms with van der Waals surface area (Å²) < 4.78 is 42.5. The van der Waals surface area contributed by atoms with Crippen molar-refractivity contribution in [1.29, 1.82) is 0 Å². The molecule has 0 saturated heterocycles. The molecule has 0 aromatic heterocycles. The number of hydrogen-bond acceptors (Lipinski definition) is 4. The molecule has 1 unspecified atom stereocenters. The van der Waals surface area contributed by atoms with Gasteiger partial charge in [0.2, 0.25) is 0 Å². The molecule has 8 heteroatoms. The van der Waals surface area contributed by atoms with Crippen molar-refractivity contribution >= 4 is 5.84 Å². The first-order valence-electron chi connectivity index (χ1n) is 5.04. The zero-order valence-electron chi connectivity index (χ0n) is 9.87. The molecule has 17 heavy (non-hydrogen) atoms. The maximum atomic E-state index is 12.6. The first-order valence-corrected chi connectivity index (χ1v) is 5.04. The molecule has 102 valence electrons. The van der Waals surface area contributed by atoms with Crippen LogP contribution in [0.15, 0.2) is 5.16 Å². The molecule has 0 aliphatic carbocycles. The highest BCUT2D eigenvalue weighted by Crippen LogP contribution is 2.27. The number of methoxy groups -OCH3 is 1. The first kappa shape index (κ1) is 16.0. The second-order valence-corrected chi connectivity index (χ2v) is 3.73. The Morgan fingerprint density at radius 1 is 1.53 bits per heavy atom.